The van der Waals surface area contributed by atoms with Crippen molar-refractivity contribution in [1.29, 1.82) is 0 Å². The molecule has 2 saturated heterocycles. The van der Waals surface area contributed by atoms with Crippen molar-refractivity contribution in [3.8, 4) is 0 Å². The Labute approximate surface area is 106 Å². The summed E-state index contributed by atoms with van der Waals surface area (Å²) in [6.45, 7) is 13.5. The van der Waals surface area contributed by atoms with Crippen molar-refractivity contribution in [1.82, 2.24) is 9.80 Å². The molecule has 2 rings (SSSR count). The fraction of sp³-hybridized carbons (Fsp3) is 1.00. The second kappa shape index (κ2) is 5.68. The van der Waals surface area contributed by atoms with E-state index in [4.69, 9.17) is 4.74 Å². The van der Waals surface area contributed by atoms with E-state index in [1.807, 2.05) is 0 Å². The quantitative estimate of drug-likeness (QED) is 0.747. The Bertz CT molecular complexity index is 242. The molecule has 3 heteroatoms. The first kappa shape index (κ1) is 13.3. The molecule has 1 unspecified atom stereocenters. The van der Waals surface area contributed by atoms with Crippen LogP contribution < -0.4 is 0 Å². The first-order valence-electron chi connectivity index (χ1n) is 7.21. The van der Waals surface area contributed by atoms with Crippen molar-refractivity contribution >= 4 is 0 Å². The van der Waals surface area contributed by atoms with Crippen LogP contribution in [0.3, 0.4) is 0 Å². The van der Waals surface area contributed by atoms with Crippen LogP contribution in [0.15, 0.2) is 0 Å². The van der Waals surface area contributed by atoms with Gasteiger partial charge in [-0.05, 0) is 59.7 Å². The molecule has 0 N–H and O–H groups in total. The van der Waals surface area contributed by atoms with Gasteiger partial charge in [0.05, 0.1) is 5.60 Å². The highest BCUT2D eigenvalue weighted by Gasteiger charge is 2.31. The molecule has 2 aliphatic heterocycles. The minimum atomic E-state index is 0.00250. The van der Waals surface area contributed by atoms with Gasteiger partial charge in [-0.15, -0.1) is 0 Å². The van der Waals surface area contributed by atoms with Crippen LogP contribution in [0.1, 0.15) is 40.0 Å². The van der Waals surface area contributed by atoms with Gasteiger partial charge in [0.2, 0.25) is 0 Å². The maximum Gasteiger partial charge on any atom is 0.0752 e. The molecule has 0 amide bonds. The SMILES string of the molecule is CCOC(C)(C)CN1CCCN2CCCC2C1. The molecule has 100 valence electrons. The van der Waals surface area contributed by atoms with Gasteiger partial charge in [0, 0.05) is 25.7 Å². The lowest BCUT2D eigenvalue weighted by Gasteiger charge is -2.33. The topological polar surface area (TPSA) is 15.7 Å². The first-order chi connectivity index (χ1) is 8.11. The molecule has 1 atom stereocenters. The summed E-state index contributed by atoms with van der Waals surface area (Å²) >= 11 is 0. The molecule has 17 heavy (non-hydrogen) atoms. The molecule has 0 bridgehead atoms. The molecule has 3 nitrogen and oxygen atoms in total. The fourth-order valence-electron chi connectivity index (χ4n) is 3.40. The Morgan fingerprint density at radius 3 is 2.71 bits per heavy atom. The average molecular weight is 240 g/mol. The van der Waals surface area contributed by atoms with Crippen molar-refractivity contribution < 1.29 is 4.74 Å². The summed E-state index contributed by atoms with van der Waals surface area (Å²) in [6.07, 6.45) is 4.11. The number of hydrogen-bond acceptors (Lipinski definition) is 3. The van der Waals surface area contributed by atoms with E-state index in [1.165, 1.54) is 45.4 Å². The Kier molecular flexibility index (Phi) is 4.45. The minimum Gasteiger partial charge on any atom is -0.375 e. The van der Waals surface area contributed by atoms with Crippen LogP contribution >= 0.6 is 0 Å². The molecular weight excluding hydrogens is 212 g/mol. The third kappa shape index (κ3) is 3.67. The normalized spacial score (nSPS) is 28.1. The third-order valence-corrected chi connectivity index (χ3v) is 4.03. The standard InChI is InChI=1S/C14H28N2O/c1-4-17-14(2,3)12-15-8-6-10-16-9-5-7-13(16)11-15/h13H,4-12H2,1-3H3. The lowest BCUT2D eigenvalue weighted by atomic mass is 10.1. The van der Waals surface area contributed by atoms with Gasteiger partial charge in [0.15, 0.2) is 0 Å². The highest BCUT2D eigenvalue weighted by Crippen LogP contribution is 2.22. The zero-order chi connectivity index (χ0) is 12.3. The van der Waals surface area contributed by atoms with Crippen LogP contribution in [-0.4, -0.2) is 60.8 Å². The molecule has 2 aliphatic rings. The van der Waals surface area contributed by atoms with Gasteiger partial charge in [-0.2, -0.15) is 0 Å². The smallest absolute Gasteiger partial charge is 0.0752 e. The maximum absolute atomic E-state index is 5.83. The number of ether oxygens (including phenoxy) is 1. The summed E-state index contributed by atoms with van der Waals surface area (Å²) in [5, 5.41) is 0. The number of nitrogens with zero attached hydrogens (tertiary/aromatic N) is 2. The predicted molar refractivity (Wildman–Crippen MR) is 71.4 cm³/mol. The van der Waals surface area contributed by atoms with Crippen molar-refractivity contribution in [3.05, 3.63) is 0 Å². The highest BCUT2D eigenvalue weighted by atomic mass is 16.5. The Morgan fingerprint density at radius 2 is 1.94 bits per heavy atom. The van der Waals surface area contributed by atoms with Crippen molar-refractivity contribution in [2.45, 2.75) is 51.7 Å². The minimum absolute atomic E-state index is 0.00250. The highest BCUT2D eigenvalue weighted by molar-refractivity contribution is 4.87. The molecule has 0 radical (unpaired) electrons. The van der Waals surface area contributed by atoms with Crippen molar-refractivity contribution in [2.24, 2.45) is 0 Å². The van der Waals surface area contributed by atoms with Gasteiger partial charge < -0.3 is 4.74 Å². The van der Waals surface area contributed by atoms with E-state index < -0.39 is 0 Å². The zero-order valence-corrected chi connectivity index (χ0v) is 11.7. The molecule has 0 aromatic carbocycles. The molecule has 0 aromatic heterocycles. The first-order valence-corrected chi connectivity index (χ1v) is 7.21. The van der Waals surface area contributed by atoms with E-state index in [2.05, 4.69) is 30.6 Å². The van der Waals surface area contributed by atoms with E-state index in [9.17, 15) is 0 Å². The fourth-order valence-corrected chi connectivity index (χ4v) is 3.40. The largest absolute Gasteiger partial charge is 0.375 e. The third-order valence-electron chi connectivity index (χ3n) is 4.03. The van der Waals surface area contributed by atoms with Gasteiger partial charge in [-0.3, -0.25) is 9.80 Å². The van der Waals surface area contributed by atoms with E-state index in [0.29, 0.717) is 0 Å². The number of rotatable bonds is 4. The summed E-state index contributed by atoms with van der Waals surface area (Å²) in [6, 6.07) is 0.815. The number of fused-ring (bicyclic) bond motifs is 1. The summed E-state index contributed by atoms with van der Waals surface area (Å²) in [5.74, 6) is 0. The van der Waals surface area contributed by atoms with Gasteiger partial charge >= 0.3 is 0 Å². The molecule has 0 spiro atoms. The summed E-state index contributed by atoms with van der Waals surface area (Å²) in [4.78, 5) is 5.30. The van der Waals surface area contributed by atoms with E-state index >= 15 is 0 Å². The Balaban J connectivity index is 1.88. The molecule has 0 aliphatic carbocycles. The molecule has 0 aromatic rings. The van der Waals surface area contributed by atoms with Crippen LogP contribution in [-0.2, 0) is 4.74 Å². The second-order valence-electron chi connectivity index (χ2n) is 6.11. The van der Waals surface area contributed by atoms with Gasteiger partial charge in [0.25, 0.3) is 0 Å². The van der Waals surface area contributed by atoms with E-state index in [1.54, 1.807) is 0 Å². The zero-order valence-electron chi connectivity index (χ0n) is 11.7. The molecule has 2 fully saturated rings. The second-order valence-corrected chi connectivity index (χ2v) is 6.11. The Hall–Kier alpha value is -0.120. The lowest BCUT2D eigenvalue weighted by Crippen LogP contribution is -2.44. The maximum atomic E-state index is 5.83. The van der Waals surface area contributed by atoms with E-state index in [0.717, 1.165) is 19.2 Å². The van der Waals surface area contributed by atoms with Gasteiger partial charge in [-0.1, -0.05) is 0 Å². The van der Waals surface area contributed by atoms with Crippen LogP contribution in [0, 0.1) is 0 Å². The van der Waals surface area contributed by atoms with E-state index in [-0.39, 0.29) is 5.60 Å². The monoisotopic (exact) mass is 240 g/mol. The Morgan fingerprint density at radius 1 is 1.18 bits per heavy atom. The average Bonchev–Trinajstić information content (AvgIpc) is 2.57. The lowest BCUT2D eigenvalue weighted by molar-refractivity contribution is -0.0348. The summed E-state index contributed by atoms with van der Waals surface area (Å²) < 4.78 is 5.83. The summed E-state index contributed by atoms with van der Waals surface area (Å²) in [7, 11) is 0. The van der Waals surface area contributed by atoms with Crippen LogP contribution in [0.5, 0.6) is 0 Å². The molecule has 0 saturated carbocycles. The van der Waals surface area contributed by atoms with Gasteiger partial charge in [-0.25, -0.2) is 0 Å². The molecule has 2 heterocycles. The van der Waals surface area contributed by atoms with Gasteiger partial charge in [0.1, 0.15) is 0 Å². The van der Waals surface area contributed by atoms with Crippen molar-refractivity contribution in [2.75, 3.05) is 39.3 Å². The number of hydrogen-bond donors (Lipinski definition) is 0. The van der Waals surface area contributed by atoms with Crippen LogP contribution in [0.4, 0.5) is 0 Å². The predicted octanol–water partition coefficient (Wildman–Crippen LogP) is 1.97. The van der Waals surface area contributed by atoms with Crippen LogP contribution in [0.25, 0.3) is 0 Å². The van der Waals surface area contributed by atoms with Crippen LogP contribution in [0.2, 0.25) is 0 Å². The molecular formula is C14H28N2O. The van der Waals surface area contributed by atoms with Crippen molar-refractivity contribution in [3.63, 3.8) is 0 Å². The summed E-state index contributed by atoms with van der Waals surface area (Å²) in [5.41, 5.74) is 0.00250.